The minimum Gasteiger partial charge on any atom is -0.457 e. The molecule has 0 saturated heterocycles. The number of hydrogen-bond donors (Lipinski definition) is 1. The molecule has 3 aromatic carbocycles. The second-order valence-corrected chi connectivity index (χ2v) is 8.55. The van der Waals surface area contributed by atoms with Crippen LogP contribution in [-0.2, 0) is 36.8 Å². The van der Waals surface area contributed by atoms with Gasteiger partial charge in [0.1, 0.15) is 18.2 Å². The van der Waals surface area contributed by atoms with E-state index in [1.807, 2.05) is 6.07 Å². The third-order valence-corrected chi connectivity index (χ3v) is 6.22. The summed E-state index contributed by atoms with van der Waals surface area (Å²) in [6.45, 7) is 2.90. The molecule has 0 fully saturated rings. The summed E-state index contributed by atoms with van der Waals surface area (Å²) in [4.78, 5) is 26.0. The second-order valence-electron chi connectivity index (χ2n) is 8.55. The smallest absolute Gasteiger partial charge is 0.432 e. The van der Waals surface area contributed by atoms with Crippen molar-refractivity contribution >= 4 is 12.1 Å². The quantitative estimate of drug-likeness (QED) is 0.361. The van der Waals surface area contributed by atoms with Crippen molar-refractivity contribution in [3.05, 3.63) is 108 Å². The number of hydrogen-bond acceptors (Lipinski definition) is 5. The van der Waals surface area contributed by atoms with Crippen LogP contribution in [-0.4, -0.2) is 31.5 Å². The fourth-order valence-electron chi connectivity index (χ4n) is 3.91. The van der Waals surface area contributed by atoms with E-state index in [4.69, 9.17) is 14.2 Å². The van der Waals surface area contributed by atoms with Gasteiger partial charge in [0.2, 0.25) is 0 Å². The lowest BCUT2D eigenvalue weighted by Crippen LogP contribution is -2.57. The van der Waals surface area contributed by atoms with E-state index >= 15 is 0 Å². The Hall–Kier alpha value is -3.85. The molecule has 196 valence electrons. The number of benzene rings is 3. The highest BCUT2D eigenvalue weighted by Gasteiger charge is 2.64. The number of carbonyl (C=O) groups is 2. The summed E-state index contributed by atoms with van der Waals surface area (Å²) < 4.78 is 58.6. The molecule has 37 heavy (non-hydrogen) atoms. The predicted molar refractivity (Wildman–Crippen MR) is 130 cm³/mol. The highest BCUT2D eigenvalue weighted by molar-refractivity contribution is 5.83. The van der Waals surface area contributed by atoms with E-state index in [0.29, 0.717) is 5.56 Å². The third kappa shape index (κ3) is 5.94. The zero-order valence-corrected chi connectivity index (χ0v) is 20.6. The Morgan fingerprint density at radius 3 is 1.81 bits per heavy atom. The third-order valence-electron chi connectivity index (χ3n) is 6.22. The van der Waals surface area contributed by atoms with Crippen LogP contribution in [0.1, 0.15) is 30.5 Å². The molecule has 0 heterocycles. The van der Waals surface area contributed by atoms with Crippen LogP contribution >= 0.6 is 0 Å². The lowest BCUT2D eigenvalue weighted by atomic mass is 9.86. The Kier molecular flexibility index (Phi) is 8.60. The molecule has 0 bridgehead atoms. The van der Waals surface area contributed by atoms with E-state index in [0.717, 1.165) is 24.8 Å². The summed E-state index contributed by atoms with van der Waals surface area (Å²) >= 11 is 0. The fraction of sp³-hybridized carbons (Fsp3) is 0.286. The van der Waals surface area contributed by atoms with Crippen LogP contribution < -0.4 is 5.32 Å². The number of carbonyl (C=O) groups excluding carboxylic acids is 2. The van der Waals surface area contributed by atoms with Crippen molar-refractivity contribution in [3.63, 3.8) is 0 Å². The summed E-state index contributed by atoms with van der Waals surface area (Å²) in [5.41, 5.74) is -4.02. The van der Waals surface area contributed by atoms with Gasteiger partial charge in [0.05, 0.1) is 0 Å². The maximum Gasteiger partial charge on any atom is 0.432 e. The summed E-state index contributed by atoms with van der Waals surface area (Å²) in [7, 11) is 0.794. The average Bonchev–Trinajstić information content (AvgIpc) is 2.89. The van der Waals surface area contributed by atoms with Gasteiger partial charge in [-0.05, 0) is 25.0 Å². The molecule has 1 amide bonds. The number of methoxy groups -OCH3 is 1. The zero-order chi connectivity index (χ0) is 27.1. The van der Waals surface area contributed by atoms with Gasteiger partial charge in [-0.15, -0.1) is 0 Å². The predicted octanol–water partition coefficient (Wildman–Crippen LogP) is 5.86. The van der Waals surface area contributed by atoms with Crippen LogP contribution in [0.5, 0.6) is 0 Å². The van der Waals surface area contributed by atoms with Gasteiger partial charge in [0, 0.05) is 12.7 Å². The fourth-order valence-corrected chi connectivity index (χ4v) is 3.91. The van der Waals surface area contributed by atoms with Gasteiger partial charge in [-0.3, -0.25) is 0 Å². The monoisotopic (exact) mass is 515 g/mol. The SMILES string of the molecule is CO[C@@](C(=O)O[C@@H](C)[C@@](C)(NC(=O)OCc1ccccc1)c1ccccc1)(c1ccccc1)C(F)(F)F. The Morgan fingerprint density at radius 1 is 0.838 bits per heavy atom. The molecule has 0 aromatic heterocycles. The number of esters is 1. The number of alkyl halides is 3. The first-order valence-corrected chi connectivity index (χ1v) is 11.5. The lowest BCUT2D eigenvalue weighted by molar-refractivity contribution is -0.279. The van der Waals surface area contributed by atoms with Gasteiger partial charge >= 0.3 is 18.2 Å². The average molecular weight is 516 g/mol. The van der Waals surface area contributed by atoms with Gasteiger partial charge < -0.3 is 19.5 Å². The van der Waals surface area contributed by atoms with Crippen LogP contribution in [0.25, 0.3) is 0 Å². The van der Waals surface area contributed by atoms with Crippen LogP contribution in [0.4, 0.5) is 18.0 Å². The van der Waals surface area contributed by atoms with Gasteiger partial charge in [-0.2, -0.15) is 13.2 Å². The van der Waals surface area contributed by atoms with Gasteiger partial charge in [-0.1, -0.05) is 91.0 Å². The van der Waals surface area contributed by atoms with Crippen molar-refractivity contribution in [2.24, 2.45) is 0 Å². The number of rotatable bonds is 9. The zero-order valence-electron chi connectivity index (χ0n) is 20.6. The number of alkyl carbamates (subject to hydrolysis) is 1. The van der Waals surface area contributed by atoms with Gasteiger partial charge in [-0.25, -0.2) is 9.59 Å². The maximum absolute atomic E-state index is 14.3. The van der Waals surface area contributed by atoms with E-state index in [2.05, 4.69) is 5.32 Å². The number of nitrogens with one attached hydrogen (secondary N) is 1. The summed E-state index contributed by atoms with van der Waals surface area (Å²) in [5.74, 6) is -1.66. The molecule has 1 N–H and O–H groups in total. The largest absolute Gasteiger partial charge is 0.457 e. The van der Waals surface area contributed by atoms with Crippen LogP contribution in [0, 0.1) is 0 Å². The molecule has 3 rings (SSSR count). The Bertz CT molecular complexity index is 1170. The Balaban J connectivity index is 1.90. The maximum atomic E-state index is 14.3. The minimum absolute atomic E-state index is 0.0272. The Labute approximate surface area is 213 Å². The Morgan fingerprint density at radius 2 is 1.32 bits per heavy atom. The van der Waals surface area contributed by atoms with Crippen molar-refractivity contribution < 1.29 is 37.0 Å². The highest BCUT2D eigenvalue weighted by atomic mass is 19.4. The van der Waals surface area contributed by atoms with Crippen LogP contribution in [0.15, 0.2) is 91.0 Å². The van der Waals surface area contributed by atoms with Crippen molar-refractivity contribution in [1.82, 2.24) is 5.32 Å². The molecule has 6 nitrogen and oxygen atoms in total. The van der Waals surface area contributed by atoms with E-state index in [-0.39, 0.29) is 6.61 Å². The molecule has 0 spiro atoms. The molecule has 3 atom stereocenters. The first-order chi connectivity index (χ1) is 17.5. The van der Waals surface area contributed by atoms with Crippen molar-refractivity contribution in [2.75, 3.05) is 7.11 Å². The molecule has 0 unspecified atom stereocenters. The minimum atomic E-state index is -5.13. The molecule has 0 aliphatic rings. The standard InChI is InChI=1S/C28H28F3NO5/c1-20(37-24(33)27(35-3,28(29,30)31)23-17-11-6-12-18-23)26(2,22-15-9-5-10-16-22)32-25(34)36-19-21-13-7-4-8-14-21/h4-18,20H,19H2,1-3H3,(H,32,34)/t20-,26+,27+/m0/s1. The summed E-state index contributed by atoms with van der Waals surface area (Å²) in [6.07, 6.45) is -7.24. The van der Waals surface area contributed by atoms with Crippen molar-refractivity contribution in [1.29, 1.82) is 0 Å². The first-order valence-electron chi connectivity index (χ1n) is 11.5. The van der Waals surface area contributed by atoms with Gasteiger partial charge in [0.25, 0.3) is 5.60 Å². The van der Waals surface area contributed by atoms with Crippen molar-refractivity contribution in [2.45, 2.75) is 43.9 Å². The van der Waals surface area contributed by atoms with E-state index in [1.165, 1.54) is 32.0 Å². The van der Waals surface area contributed by atoms with Crippen LogP contribution in [0.3, 0.4) is 0 Å². The van der Waals surface area contributed by atoms with Gasteiger partial charge in [0.15, 0.2) is 0 Å². The highest BCUT2D eigenvalue weighted by Crippen LogP contribution is 2.44. The molecule has 9 heteroatoms. The normalized spacial score (nSPS) is 15.5. The summed E-state index contributed by atoms with van der Waals surface area (Å²) in [6, 6.07) is 23.9. The first kappa shape index (κ1) is 27.7. The number of amides is 1. The van der Waals surface area contributed by atoms with E-state index < -0.39 is 41.0 Å². The molecule has 0 aliphatic carbocycles. The number of ether oxygens (including phenoxy) is 3. The number of halogens is 3. The van der Waals surface area contributed by atoms with E-state index in [9.17, 15) is 22.8 Å². The van der Waals surface area contributed by atoms with Crippen LogP contribution in [0.2, 0.25) is 0 Å². The molecule has 0 radical (unpaired) electrons. The molecule has 0 aliphatic heterocycles. The molecular weight excluding hydrogens is 487 g/mol. The second kappa shape index (κ2) is 11.5. The van der Waals surface area contributed by atoms with Crippen molar-refractivity contribution in [3.8, 4) is 0 Å². The lowest BCUT2D eigenvalue weighted by Gasteiger charge is -2.39. The topological polar surface area (TPSA) is 73.9 Å². The molecule has 0 saturated carbocycles. The summed E-state index contributed by atoms with van der Waals surface area (Å²) in [5, 5.41) is 2.67. The van der Waals surface area contributed by atoms with E-state index in [1.54, 1.807) is 54.6 Å². The molecular formula is C28H28F3NO5. The molecule has 3 aromatic rings.